The van der Waals surface area contributed by atoms with Gasteiger partial charge in [0.25, 0.3) is 0 Å². The van der Waals surface area contributed by atoms with Crippen molar-refractivity contribution < 1.29 is 13.2 Å². The van der Waals surface area contributed by atoms with Gasteiger partial charge in [-0.3, -0.25) is 0 Å². The molecule has 1 heterocycles. The molecular formula is C9H4ClF3IN3. The van der Waals surface area contributed by atoms with E-state index in [0.717, 1.165) is 10.9 Å². The van der Waals surface area contributed by atoms with Crippen molar-refractivity contribution in [2.75, 3.05) is 0 Å². The summed E-state index contributed by atoms with van der Waals surface area (Å²) in [6.45, 7) is 0. The maximum absolute atomic E-state index is 12.3. The summed E-state index contributed by atoms with van der Waals surface area (Å²) in [5, 5.41) is 7.03. The Balaban J connectivity index is 2.44. The minimum absolute atomic E-state index is 0.498. The molecule has 0 unspecified atom stereocenters. The first-order valence-electron chi connectivity index (χ1n) is 4.33. The molecule has 0 saturated heterocycles. The van der Waals surface area contributed by atoms with Crippen LogP contribution in [-0.4, -0.2) is 15.0 Å². The van der Waals surface area contributed by atoms with Crippen LogP contribution in [0.3, 0.4) is 0 Å². The molecule has 0 atom stereocenters. The predicted molar refractivity (Wildman–Crippen MR) is 64.1 cm³/mol. The van der Waals surface area contributed by atoms with Crippen LogP contribution in [0.2, 0.25) is 5.02 Å². The third-order valence-electron chi connectivity index (χ3n) is 1.94. The van der Waals surface area contributed by atoms with Gasteiger partial charge in [-0.05, 0) is 40.8 Å². The summed E-state index contributed by atoms with van der Waals surface area (Å²) in [7, 11) is 0. The van der Waals surface area contributed by atoms with Crippen LogP contribution in [0.25, 0.3) is 5.69 Å². The summed E-state index contributed by atoms with van der Waals surface area (Å²) in [5.41, 5.74) is -0.527. The lowest BCUT2D eigenvalue weighted by Crippen LogP contribution is -2.05. The van der Waals surface area contributed by atoms with Gasteiger partial charge >= 0.3 is 6.18 Å². The van der Waals surface area contributed by atoms with Crippen LogP contribution in [0.1, 0.15) is 5.69 Å². The fourth-order valence-electron chi connectivity index (χ4n) is 1.18. The summed E-state index contributed by atoms with van der Waals surface area (Å²) in [6.07, 6.45) is -3.65. The van der Waals surface area contributed by atoms with E-state index in [1.807, 2.05) is 22.6 Å². The second-order valence-electron chi connectivity index (χ2n) is 3.14. The largest absolute Gasteiger partial charge is 0.436 e. The Morgan fingerprint density at radius 3 is 2.53 bits per heavy atom. The van der Waals surface area contributed by atoms with Crippen molar-refractivity contribution in [3.63, 3.8) is 0 Å². The first-order valence-corrected chi connectivity index (χ1v) is 5.78. The van der Waals surface area contributed by atoms with Gasteiger partial charge in [-0.1, -0.05) is 16.8 Å². The van der Waals surface area contributed by atoms with Crippen LogP contribution in [0, 0.1) is 3.57 Å². The van der Waals surface area contributed by atoms with Gasteiger partial charge in [-0.15, -0.1) is 5.10 Å². The van der Waals surface area contributed by atoms with Gasteiger partial charge in [0, 0.05) is 8.59 Å². The fourth-order valence-corrected chi connectivity index (χ4v) is 2.30. The SMILES string of the molecule is FC(F)(F)c1cn(-c2ccc(Cl)cc2I)nn1. The molecule has 0 bridgehead atoms. The summed E-state index contributed by atoms with van der Waals surface area (Å²) < 4.78 is 38.8. The Hall–Kier alpha value is -0.830. The normalized spacial score (nSPS) is 11.8. The van der Waals surface area contributed by atoms with Gasteiger partial charge in [-0.25, -0.2) is 4.68 Å². The number of alkyl halides is 3. The highest BCUT2D eigenvalue weighted by Crippen LogP contribution is 2.28. The molecule has 1 aromatic heterocycles. The van der Waals surface area contributed by atoms with Crippen LogP contribution >= 0.6 is 34.2 Å². The molecule has 90 valence electrons. The zero-order valence-electron chi connectivity index (χ0n) is 8.04. The number of rotatable bonds is 1. The van der Waals surface area contributed by atoms with Crippen molar-refractivity contribution >= 4 is 34.2 Å². The van der Waals surface area contributed by atoms with E-state index >= 15 is 0 Å². The van der Waals surface area contributed by atoms with Crippen LogP contribution in [-0.2, 0) is 6.18 Å². The van der Waals surface area contributed by atoms with Crippen molar-refractivity contribution in [1.82, 2.24) is 15.0 Å². The monoisotopic (exact) mass is 373 g/mol. The van der Waals surface area contributed by atoms with E-state index in [0.29, 0.717) is 14.3 Å². The third-order valence-corrected chi connectivity index (χ3v) is 3.04. The van der Waals surface area contributed by atoms with Crippen LogP contribution in [0.5, 0.6) is 0 Å². The number of aromatic nitrogens is 3. The van der Waals surface area contributed by atoms with E-state index in [9.17, 15) is 13.2 Å². The average molecular weight is 374 g/mol. The van der Waals surface area contributed by atoms with Gasteiger partial charge in [-0.2, -0.15) is 13.2 Å². The highest BCUT2D eigenvalue weighted by Gasteiger charge is 2.34. The van der Waals surface area contributed by atoms with E-state index in [2.05, 4.69) is 10.3 Å². The Morgan fingerprint density at radius 1 is 1.29 bits per heavy atom. The molecule has 0 aliphatic rings. The molecule has 2 rings (SSSR count). The van der Waals surface area contributed by atoms with Crippen LogP contribution in [0.4, 0.5) is 13.2 Å². The number of benzene rings is 1. The van der Waals surface area contributed by atoms with Crippen LogP contribution < -0.4 is 0 Å². The van der Waals surface area contributed by atoms with E-state index in [1.165, 1.54) is 0 Å². The lowest BCUT2D eigenvalue weighted by molar-refractivity contribution is -0.141. The number of nitrogens with zero attached hydrogens (tertiary/aromatic N) is 3. The smallest absolute Gasteiger partial charge is 0.219 e. The summed E-state index contributed by atoms with van der Waals surface area (Å²) >= 11 is 7.72. The standard InChI is InChI=1S/C9H4ClF3IN3/c10-5-1-2-7(6(14)3-5)17-4-8(15-16-17)9(11,12)13/h1-4H. The summed E-state index contributed by atoms with van der Waals surface area (Å²) in [4.78, 5) is 0. The van der Waals surface area contributed by atoms with Crippen molar-refractivity contribution in [3.05, 3.63) is 38.7 Å². The molecule has 0 N–H and O–H groups in total. The Kier molecular flexibility index (Phi) is 3.30. The maximum Gasteiger partial charge on any atom is 0.436 e. The van der Waals surface area contributed by atoms with E-state index in [-0.39, 0.29) is 0 Å². The summed E-state index contributed by atoms with van der Waals surface area (Å²) in [6, 6.07) is 4.79. The van der Waals surface area contributed by atoms with E-state index < -0.39 is 11.9 Å². The van der Waals surface area contributed by atoms with Crippen molar-refractivity contribution in [2.45, 2.75) is 6.18 Å². The van der Waals surface area contributed by atoms with Gasteiger partial charge in [0.2, 0.25) is 0 Å². The molecule has 0 aliphatic heterocycles. The second-order valence-corrected chi connectivity index (χ2v) is 4.74. The van der Waals surface area contributed by atoms with Gasteiger partial charge < -0.3 is 0 Å². The average Bonchev–Trinajstić information content (AvgIpc) is 2.65. The Labute approximate surface area is 113 Å². The molecule has 0 radical (unpaired) electrons. The molecule has 3 nitrogen and oxygen atoms in total. The molecule has 0 aliphatic carbocycles. The molecule has 1 aromatic carbocycles. The second kappa shape index (κ2) is 4.45. The molecule has 0 saturated carbocycles. The van der Waals surface area contributed by atoms with E-state index in [1.54, 1.807) is 18.2 Å². The van der Waals surface area contributed by atoms with Gasteiger partial charge in [0.05, 0.1) is 11.9 Å². The number of hydrogen-bond donors (Lipinski definition) is 0. The molecule has 17 heavy (non-hydrogen) atoms. The molecule has 8 heteroatoms. The first-order chi connectivity index (χ1) is 7.88. The quantitative estimate of drug-likeness (QED) is 0.716. The fraction of sp³-hybridized carbons (Fsp3) is 0.111. The molecule has 0 amide bonds. The molecule has 0 fully saturated rings. The van der Waals surface area contributed by atoms with Crippen molar-refractivity contribution in [3.8, 4) is 5.69 Å². The topological polar surface area (TPSA) is 30.7 Å². The van der Waals surface area contributed by atoms with Crippen molar-refractivity contribution in [2.24, 2.45) is 0 Å². The number of hydrogen-bond acceptors (Lipinski definition) is 2. The predicted octanol–water partition coefficient (Wildman–Crippen LogP) is 3.54. The third kappa shape index (κ3) is 2.71. The minimum atomic E-state index is -4.49. The summed E-state index contributed by atoms with van der Waals surface area (Å²) in [5.74, 6) is 0. The first kappa shape index (κ1) is 12.6. The molecule has 0 spiro atoms. The molecular weight excluding hydrogens is 369 g/mol. The highest BCUT2D eigenvalue weighted by molar-refractivity contribution is 14.1. The zero-order valence-corrected chi connectivity index (χ0v) is 11.0. The van der Waals surface area contributed by atoms with E-state index in [4.69, 9.17) is 11.6 Å². The number of halogens is 5. The maximum atomic E-state index is 12.3. The van der Waals surface area contributed by atoms with Gasteiger partial charge in [0.15, 0.2) is 5.69 Å². The van der Waals surface area contributed by atoms with Crippen LogP contribution in [0.15, 0.2) is 24.4 Å². The van der Waals surface area contributed by atoms with Gasteiger partial charge in [0.1, 0.15) is 0 Å². The highest BCUT2D eigenvalue weighted by atomic mass is 127. The zero-order chi connectivity index (χ0) is 12.6. The Bertz CT molecular complexity index is 553. The Morgan fingerprint density at radius 2 is 2.00 bits per heavy atom. The van der Waals surface area contributed by atoms with Crippen molar-refractivity contribution in [1.29, 1.82) is 0 Å². The molecule has 2 aromatic rings. The lowest BCUT2D eigenvalue weighted by atomic mass is 10.3. The lowest BCUT2D eigenvalue weighted by Gasteiger charge is -2.03. The minimum Gasteiger partial charge on any atom is -0.219 e.